The number of aryl methyl sites for hydroxylation is 1. The Labute approximate surface area is 91.0 Å². The lowest BCUT2D eigenvalue weighted by Gasteiger charge is -2.04. The van der Waals surface area contributed by atoms with Gasteiger partial charge in [0.25, 0.3) is 0 Å². The highest BCUT2D eigenvalue weighted by molar-refractivity contribution is 5.60. The zero-order valence-electron chi connectivity index (χ0n) is 9.01. The molecule has 0 atom stereocenters. The highest BCUT2D eigenvalue weighted by Crippen LogP contribution is 2.04. The van der Waals surface area contributed by atoms with Crippen LogP contribution >= 0.6 is 0 Å². The predicted molar refractivity (Wildman–Crippen MR) is 65.3 cm³/mol. The third-order valence-corrected chi connectivity index (χ3v) is 1.89. The van der Waals surface area contributed by atoms with Gasteiger partial charge in [-0.25, -0.2) is 0 Å². The Kier molecular flexibility index (Phi) is 4.18. The molecule has 0 fully saturated rings. The summed E-state index contributed by atoms with van der Waals surface area (Å²) < 4.78 is 0. The summed E-state index contributed by atoms with van der Waals surface area (Å²) in [6.07, 6.45) is 10.5. The van der Waals surface area contributed by atoms with Crippen LogP contribution in [0.5, 0.6) is 0 Å². The maximum absolute atomic E-state index is 5.00. The summed E-state index contributed by atoms with van der Waals surface area (Å²) in [6.45, 7) is 2.07. The van der Waals surface area contributed by atoms with E-state index in [-0.39, 0.29) is 0 Å². The second-order valence-electron chi connectivity index (χ2n) is 3.27. The molecule has 0 heterocycles. The van der Waals surface area contributed by atoms with Crippen LogP contribution in [-0.2, 0) is 0 Å². The summed E-state index contributed by atoms with van der Waals surface area (Å²) >= 11 is 0. The predicted octanol–water partition coefficient (Wildman–Crippen LogP) is 2.52. The van der Waals surface area contributed by atoms with Crippen molar-refractivity contribution in [1.82, 2.24) is 4.90 Å². The van der Waals surface area contributed by atoms with Gasteiger partial charge in [-0.3, -0.25) is 0 Å². The first-order chi connectivity index (χ1) is 7.22. The van der Waals surface area contributed by atoms with Crippen molar-refractivity contribution in [2.75, 3.05) is 7.05 Å². The van der Waals surface area contributed by atoms with Gasteiger partial charge in [-0.15, -0.1) is 0 Å². The first-order valence-electron chi connectivity index (χ1n) is 4.68. The molecule has 0 saturated carbocycles. The molecule has 0 bridgehead atoms. The first-order valence-corrected chi connectivity index (χ1v) is 4.68. The van der Waals surface area contributed by atoms with Gasteiger partial charge in [0.05, 0.1) is 0 Å². The Morgan fingerprint density at radius 1 is 1.33 bits per heavy atom. The average molecular weight is 198 g/mol. The van der Waals surface area contributed by atoms with E-state index in [1.807, 2.05) is 19.3 Å². The molecule has 0 N–H and O–H groups in total. The molecule has 0 aliphatic heterocycles. The number of nitrogens with zero attached hydrogens (tertiary/aromatic N) is 2. The van der Waals surface area contributed by atoms with E-state index >= 15 is 0 Å². The minimum Gasteiger partial charge on any atom is -0.341 e. The molecule has 0 unspecified atom stereocenters. The van der Waals surface area contributed by atoms with E-state index in [2.05, 4.69) is 42.2 Å². The molecule has 1 aromatic carbocycles. The Bertz CT molecular complexity index is 394. The molecule has 15 heavy (non-hydrogen) atoms. The van der Waals surface area contributed by atoms with Crippen LogP contribution in [0.3, 0.4) is 0 Å². The SMILES string of the molecule is C#CN=CN(C)/C=C/c1ccc(C)cc1. The van der Waals surface area contributed by atoms with Crippen LogP contribution in [0.25, 0.3) is 6.08 Å². The quantitative estimate of drug-likeness (QED) is 0.414. The molecule has 0 aromatic heterocycles. The average Bonchev–Trinajstić information content (AvgIpc) is 2.25. The monoisotopic (exact) mass is 198 g/mol. The minimum absolute atomic E-state index is 1.15. The van der Waals surface area contributed by atoms with Crippen molar-refractivity contribution in [1.29, 1.82) is 0 Å². The maximum Gasteiger partial charge on any atom is 0.105 e. The molecule has 2 heteroatoms. The van der Waals surface area contributed by atoms with Crippen LogP contribution in [0, 0.1) is 19.4 Å². The topological polar surface area (TPSA) is 15.6 Å². The van der Waals surface area contributed by atoms with Crippen LogP contribution in [0.15, 0.2) is 35.5 Å². The molecule has 0 spiro atoms. The van der Waals surface area contributed by atoms with E-state index in [1.165, 1.54) is 5.56 Å². The molecular weight excluding hydrogens is 184 g/mol. The van der Waals surface area contributed by atoms with Crippen molar-refractivity contribution < 1.29 is 0 Å². The van der Waals surface area contributed by atoms with Crippen LogP contribution in [0.4, 0.5) is 0 Å². The maximum atomic E-state index is 5.00. The van der Waals surface area contributed by atoms with E-state index in [1.54, 1.807) is 11.2 Å². The van der Waals surface area contributed by atoms with E-state index in [4.69, 9.17) is 6.42 Å². The van der Waals surface area contributed by atoms with Crippen molar-refractivity contribution in [3.8, 4) is 12.5 Å². The Balaban J connectivity index is 2.62. The lowest BCUT2D eigenvalue weighted by molar-refractivity contribution is 0.716. The molecule has 76 valence electrons. The van der Waals surface area contributed by atoms with Crippen LogP contribution in [0.2, 0.25) is 0 Å². The zero-order valence-corrected chi connectivity index (χ0v) is 9.01. The third kappa shape index (κ3) is 4.15. The fourth-order valence-electron chi connectivity index (χ4n) is 1.04. The van der Waals surface area contributed by atoms with Gasteiger partial charge in [-0.05, 0) is 18.6 Å². The second-order valence-corrected chi connectivity index (χ2v) is 3.27. The summed E-state index contributed by atoms with van der Waals surface area (Å²) in [7, 11) is 1.88. The number of rotatable bonds is 3. The van der Waals surface area contributed by atoms with Gasteiger partial charge in [0.15, 0.2) is 0 Å². The molecule has 0 saturated heterocycles. The van der Waals surface area contributed by atoms with E-state index in [0.717, 1.165) is 5.56 Å². The Morgan fingerprint density at radius 3 is 2.60 bits per heavy atom. The van der Waals surface area contributed by atoms with Crippen molar-refractivity contribution in [3.63, 3.8) is 0 Å². The Hall–Kier alpha value is -2.01. The highest BCUT2D eigenvalue weighted by Gasteiger charge is 1.87. The van der Waals surface area contributed by atoms with Crippen LogP contribution in [0.1, 0.15) is 11.1 Å². The molecule has 0 aliphatic rings. The molecule has 0 amide bonds. The summed E-state index contributed by atoms with van der Waals surface area (Å²) in [5, 5.41) is 0. The van der Waals surface area contributed by atoms with Gasteiger partial charge in [0, 0.05) is 19.3 Å². The first kappa shape index (κ1) is 11.1. The molecule has 0 radical (unpaired) electrons. The van der Waals surface area contributed by atoms with Gasteiger partial charge < -0.3 is 4.90 Å². The minimum atomic E-state index is 1.15. The summed E-state index contributed by atoms with van der Waals surface area (Å²) in [5.74, 6) is 0. The summed E-state index contributed by atoms with van der Waals surface area (Å²) in [5.41, 5.74) is 2.41. The van der Waals surface area contributed by atoms with Crippen LogP contribution < -0.4 is 0 Å². The van der Waals surface area contributed by atoms with E-state index < -0.39 is 0 Å². The van der Waals surface area contributed by atoms with Crippen molar-refractivity contribution in [2.24, 2.45) is 4.99 Å². The lowest BCUT2D eigenvalue weighted by Crippen LogP contribution is -2.06. The highest BCUT2D eigenvalue weighted by atomic mass is 15.1. The Morgan fingerprint density at radius 2 is 2.00 bits per heavy atom. The standard InChI is InChI=1S/C13H14N2/c1-4-14-11-15(3)10-9-13-7-5-12(2)6-8-13/h1,5-11H,2-3H3/b10-9+,14-11?. The molecule has 1 rings (SSSR count). The fourth-order valence-corrected chi connectivity index (χ4v) is 1.04. The normalized spacial score (nSPS) is 10.7. The smallest absolute Gasteiger partial charge is 0.105 e. The zero-order chi connectivity index (χ0) is 11.1. The van der Waals surface area contributed by atoms with E-state index in [0.29, 0.717) is 0 Å². The van der Waals surface area contributed by atoms with Gasteiger partial charge in [0.2, 0.25) is 0 Å². The lowest BCUT2D eigenvalue weighted by atomic mass is 10.1. The van der Waals surface area contributed by atoms with Gasteiger partial charge >= 0.3 is 0 Å². The van der Waals surface area contributed by atoms with Gasteiger partial charge in [-0.2, -0.15) is 4.99 Å². The fraction of sp³-hybridized carbons (Fsp3) is 0.154. The number of terminal acetylenes is 1. The second kappa shape index (κ2) is 5.66. The van der Waals surface area contributed by atoms with Gasteiger partial charge in [0.1, 0.15) is 6.34 Å². The number of aliphatic imine (C=N–C) groups is 1. The molecular formula is C13H14N2. The van der Waals surface area contributed by atoms with Gasteiger partial charge in [-0.1, -0.05) is 36.3 Å². The third-order valence-electron chi connectivity index (χ3n) is 1.89. The van der Waals surface area contributed by atoms with Crippen LogP contribution in [-0.4, -0.2) is 18.3 Å². The molecule has 2 nitrogen and oxygen atoms in total. The summed E-state index contributed by atoms with van der Waals surface area (Å²) in [6, 6.07) is 10.5. The number of hydrogen-bond donors (Lipinski definition) is 0. The number of hydrogen-bond acceptors (Lipinski definition) is 1. The van der Waals surface area contributed by atoms with Crippen molar-refractivity contribution in [3.05, 3.63) is 41.6 Å². The number of benzene rings is 1. The summed E-state index contributed by atoms with van der Waals surface area (Å²) in [4.78, 5) is 5.48. The van der Waals surface area contributed by atoms with Crippen molar-refractivity contribution >= 4 is 12.4 Å². The van der Waals surface area contributed by atoms with E-state index in [9.17, 15) is 0 Å². The van der Waals surface area contributed by atoms with Crippen molar-refractivity contribution in [2.45, 2.75) is 6.92 Å². The molecule has 1 aromatic rings. The molecule has 0 aliphatic carbocycles. The largest absolute Gasteiger partial charge is 0.341 e.